The molecule has 0 unspecified atom stereocenters. The maximum absolute atomic E-state index is 4.83. The van der Waals surface area contributed by atoms with Gasteiger partial charge in [0.25, 0.3) is 0 Å². The third-order valence-electron chi connectivity index (χ3n) is 3.07. The number of thioether (sulfide) groups is 1. The second kappa shape index (κ2) is 4.20. The number of aromatic nitrogens is 4. The second-order valence-corrected chi connectivity index (χ2v) is 6.32. The van der Waals surface area contributed by atoms with Gasteiger partial charge in [-0.3, -0.25) is 4.40 Å². The molecule has 19 heavy (non-hydrogen) atoms. The number of benzene rings is 1. The van der Waals surface area contributed by atoms with Crippen LogP contribution in [0.1, 0.15) is 26.6 Å². The first kappa shape index (κ1) is 12.4. The normalized spacial score (nSPS) is 12.4. The molecule has 0 amide bonds. The van der Waals surface area contributed by atoms with Gasteiger partial charge in [-0.2, -0.15) is 0 Å². The van der Waals surface area contributed by atoms with Crippen LogP contribution < -0.4 is 0 Å². The van der Waals surface area contributed by atoms with Gasteiger partial charge in [-0.15, -0.1) is 10.2 Å². The Kier molecular flexibility index (Phi) is 2.74. The van der Waals surface area contributed by atoms with Crippen LogP contribution in [0.15, 0.2) is 29.4 Å². The topological polar surface area (TPSA) is 43.1 Å². The molecule has 0 atom stereocenters. The third-order valence-corrected chi connectivity index (χ3v) is 3.70. The molecule has 0 spiro atoms. The predicted molar refractivity (Wildman–Crippen MR) is 78.8 cm³/mol. The lowest BCUT2D eigenvalue weighted by molar-refractivity contribution is 0.530. The van der Waals surface area contributed by atoms with Crippen LogP contribution in [0.25, 0.3) is 16.6 Å². The largest absolute Gasteiger partial charge is 0.256 e. The molecule has 1 aromatic carbocycles. The fourth-order valence-corrected chi connectivity index (χ4v) is 2.67. The highest BCUT2D eigenvalue weighted by Gasteiger charge is 2.23. The molecule has 0 aliphatic rings. The Balaban J connectivity index is 2.53. The van der Waals surface area contributed by atoms with E-state index in [0.29, 0.717) is 0 Å². The fraction of sp³-hybridized carbons (Fsp3) is 0.357. The van der Waals surface area contributed by atoms with E-state index in [0.717, 1.165) is 27.5 Å². The number of fused-ring (bicyclic) bond motifs is 3. The maximum atomic E-state index is 4.83. The molecule has 0 saturated carbocycles. The van der Waals surface area contributed by atoms with E-state index in [2.05, 4.69) is 35.4 Å². The molecule has 0 saturated heterocycles. The summed E-state index contributed by atoms with van der Waals surface area (Å²) in [5.74, 6) is 0.996. The van der Waals surface area contributed by atoms with E-state index in [4.69, 9.17) is 4.98 Å². The Morgan fingerprint density at radius 2 is 1.84 bits per heavy atom. The number of hydrogen-bond acceptors (Lipinski definition) is 4. The molecule has 0 aliphatic carbocycles. The van der Waals surface area contributed by atoms with Gasteiger partial charge >= 0.3 is 0 Å². The van der Waals surface area contributed by atoms with Crippen molar-refractivity contribution < 1.29 is 0 Å². The summed E-state index contributed by atoms with van der Waals surface area (Å²) in [6.45, 7) is 6.48. The van der Waals surface area contributed by atoms with Crippen LogP contribution in [0, 0.1) is 0 Å². The van der Waals surface area contributed by atoms with E-state index in [1.54, 1.807) is 11.8 Å². The first-order valence-corrected chi connectivity index (χ1v) is 7.43. The molecule has 3 rings (SSSR count). The van der Waals surface area contributed by atoms with Crippen LogP contribution in [0.5, 0.6) is 0 Å². The van der Waals surface area contributed by atoms with Gasteiger partial charge in [0.1, 0.15) is 5.82 Å². The minimum absolute atomic E-state index is 0.0604. The van der Waals surface area contributed by atoms with Crippen molar-refractivity contribution in [2.45, 2.75) is 31.3 Å². The molecule has 0 aliphatic heterocycles. The van der Waals surface area contributed by atoms with Crippen molar-refractivity contribution in [3.05, 3.63) is 30.1 Å². The van der Waals surface area contributed by atoms with Gasteiger partial charge in [-0.1, -0.05) is 44.7 Å². The summed E-state index contributed by atoms with van der Waals surface area (Å²) < 4.78 is 2.08. The lowest BCUT2D eigenvalue weighted by Crippen LogP contribution is -2.19. The van der Waals surface area contributed by atoms with Crippen LogP contribution >= 0.6 is 11.8 Å². The lowest BCUT2D eigenvalue weighted by atomic mass is 9.95. The van der Waals surface area contributed by atoms with Gasteiger partial charge in [-0.25, -0.2) is 4.98 Å². The van der Waals surface area contributed by atoms with Crippen LogP contribution in [0.3, 0.4) is 0 Å². The van der Waals surface area contributed by atoms with Crippen molar-refractivity contribution in [3.8, 4) is 0 Å². The molecule has 0 N–H and O–H groups in total. The van der Waals surface area contributed by atoms with E-state index in [1.807, 2.05) is 30.5 Å². The summed E-state index contributed by atoms with van der Waals surface area (Å²) in [7, 11) is 0. The van der Waals surface area contributed by atoms with E-state index >= 15 is 0 Å². The first-order chi connectivity index (χ1) is 9.02. The number of para-hydroxylation sites is 1. The van der Waals surface area contributed by atoms with Gasteiger partial charge in [0.15, 0.2) is 10.8 Å². The van der Waals surface area contributed by atoms with Crippen molar-refractivity contribution in [2.75, 3.05) is 6.26 Å². The van der Waals surface area contributed by atoms with Crippen molar-refractivity contribution in [3.63, 3.8) is 0 Å². The van der Waals surface area contributed by atoms with Crippen LogP contribution in [0.4, 0.5) is 0 Å². The van der Waals surface area contributed by atoms with Crippen molar-refractivity contribution in [1.82, 2.24) is 19.6 Å². The molecule has 0 fully saturated rings. The minimum Gasteiger partial charge on any atom is -0.256 e. The molecular formula is C14H16N4S. The Morgan fingerprint density at radius 1 is 1.11 bits per heavy atom. The van der Waals surface area contributed by atoms with Crippen molar-refractivity contribution in [1.29, 1.82) is 0 Å². The highest BCUT2D eigenvalue weighted by atomic mass is 32.2. The Labute approximate surface area is 116 Å². The Morgan fingerprint density at radius 3 is 2.53 bits per heavy atom. The highest BCUT2D eigenvalue weighted by Crippen LogP contribution is 2.28. The molecule has 0 bridgehead atoms. The third kappa shape index (κ3) is 1.89. The summed E-state index contributed by atoms with van der Waals surface area (Å²) in [6.07, 6.45) is 2.01. The smallest absolute Gasteiger partial charge is 0.196 e. The van der Waals surface area contributed by atoms with Crippen LogP contribution in [0.2, 0.25) is 0 Å². The molecule has 2 heterocycles. The van der Waals surface area contributed by atoms with Gasteiger partial charge in [0.05, 0.1) is 5.52 Å². The molecule has 0 radical (unpaired) electrons. The van der Waals surface area contributed by atoms with E-state index in [-0.39, 0.29) is 5.41 Å². The quantitative estimate of drug-likeness (QED) is 0.637. The standard InChI is InChI=1S/C14H16N4S/c1-14(2,3)12-15-10-8-6-5-7-9(10)11-16-17-13(19-4)18(11)12/h5-8H,1-4H3. The monoisotopic (exact) mass is 272 g/mol. The van der Waals surface area contributed by atoms with Crippen molar-refractivity contribution >= 4 is 28.3 Å². The van der Waals surface area contributed by atoms with E-state index < -0.39 is 0 Å². The zero-order valence-corrected chi connectivity index (χ0v) is 12.3. The summed E-state index contributed by atoms with van der Waals surface area (Å²) in [4.78, 5) is 4.83. The molecule has 5 heteroatoms. The summed E-state index contributed by atoms with van der Waals surface area (Å²) >= 11 is 1.59. The highest BCUT2D eigenvalue weighted by molar-refractivity contribution is 7.98. The van der Waals surface area contributed by atoms with Crippen LogP contribution in [-0.4, -0.2) is 25.8 Å². The second-order valence-electron chi connectivity index (χ2n) is 5.55. The van der Waals surface area contributed by atoms with E-state index in [9.17, 15) is 0 Å². The Hall–Kier alpha value is -1.62. The van der Waals surface area contributed by atoms with E-state index in [1.165, 1.54) is 0 Å². The molecule has 98 valence electrons. The first-order valence-electron chi connectivity index (χ1n) is 6.20. The number of nitrogens with zero attached hydrogens (tertiary/aromatic N) is 4. The summed E-state index contributed by atoms with van der Waals surface area (Å²) in [5, 5.41) is 10.5. The fourth-order valence-electron chi connectivity index (χ4n) is 2.19. The predicted octanol–water partition coefficient (Wildman–Crippen LogP) is 3.30. The van der Waals surface area contributed by atoms with Gasteiger partial charge < -0.3 is 0 Å². The van der Waals surface area contributed by atoms with Gasteiger partial charge in [0, 0.05) is 10.8 Å². The van der Waals surface area contributed by atoms with Crippen LogP contribution in [-0.2, 0) is 5.41 Å². The summed E-state index contributed by atoms with van der Waals surface area (Å²) in [5.41, 5.74) is 1.80. The van der Waals surface area contributed by atoms with Gasteiger partial charge in [0.2, 0.25) is 0 Å². The number of rotatable bonds is 1. The molecule has 3 aromatic rings. The average molecular weight is 272 g/mol. The van der Waals surface area contributed by atoms with Crippen molar-refractivity contribution in [2.24, 2.45) is 0 Å². The molecule has 4 nitrogen and oxygen atoms in total. The molecular weight excluding hydrogens is 256 g/mol. The SMILES string of the molecule is CSc1nnc2c3ccccc3nc(C(C)(C)C)n12. The van der Waals surface area contributed by atoms with Gasteiger partial charge in [-0.05, 0) is 18.4 Å². The maximum Gasteiger partial charge on any atom is 0.196 e. The zero-order chi connectivity index (χ0) is 13.6. The lowest BCUT2D eigenvalue weighted by Gasteiger charge is -2.20. The zero-order valence-electron chi connectivity index (χ0n) is 11.5. The minimum atomic E-state index is -0.0604. The Bertz CT molecular complexity index is 755. The summed E-state index contributed by atoms with van der Waals surface area (Å²) in [6, 6.07) is 8.08. The molecule has 2 aromatic heterocycles. The number of hydrogen-bond donors (Lipinski definition) is 0. The average Bonchev–Trinajstić information content (AvgIpc) is 2.80.